The highest BCUT2D eigenvalue weighted by Gasteiger charge is 2.38. The summed E-state index contributed by atoms with van der Waals surface area (Å²) in [5.41, 5.74) is 0. The topological polar surface area (TPSA) is 36.0 Å². The number of hydrogen-bond acceptors (Lipinski definition) is 5. The highest BCUT2D eigenvalue weighted by atomic mass is 32.2. The number of rotatable bonds is 9. The molecule has 2 unspecified atom stereocenters. The van der Waals surface area contributed by atoms with Gasteiger partial charge < -0.3 is 24.2 Å². The van der Waals surface area contributed by atoms with Gasteiger partial charge in [-0.15, -0.1) is 0 Å². The summed E-state index contributed by atoms with van der Waals surface area (Å²) in [6, 6.07) is 0. The molecule has 0 aromatic carbocycles. The van der Waals surface area contributed by atoms with Gasteiger partial charge in [-0.1, -0.05) is 11.2 Å². The van der Waals surface area contributed by atoms with Crippen molar-refractivity contribution < 1.29 is 4.55 Å². The van der Waals surface area contributed by atoms with E-state index in [9.17, 15) is 4.55 Å². The molecule has 2 heterocycles. The Labute approximate surface area is 158 Å². The smallest absolute Gasteiger partial charge is 0.126 e. The van der Waals surface area contributed by atoms with Gasteiger partial charge in [-0.3, -0.25) is 0 Å². The minimum Gasteiger partial charge on any atom is -0.616 e. The molecule has 2 fully saturated rings. The zero-order valence-electron chi connectivity index (χ0n) is 16.7. The fraction of sp³-hybridized carbons (Fsp3) is 0.947. The normalized spacial score (nSPS) is 25.8. The highest BCUT2D eigenvalue weighted by molar-refractivity contribution is 7.92. The Bertz CT molecular complexity index is 368. The average molecular weight is 372 g/mol. The first-order chi connectivity index (χ1) is 11.9. The van der Waals surface area contributed by atoms with Crippen molar-refractivity contribution in [2.45, 2.75) is 30.4 Å². The van der Waals surface area contributed by atoms with Gasteiger partial charge in [0.1, 0.15) is 4.75 Å². The minimum absolute atomic E-state index is 0.101. The Morgan fingerprint density at radius 3 is 1.76 bits per heavy atom. The maximum absolute atomic E-state index is 12.6. The lowest BCUT2D eigenvalue weighted by atomic mass is 9.94. The molecule has 2 saturated heterocycles. The standard InChI is InChI=1S/C19H39N4OS/c1-5-19(25(4)24,8-10-23-17-13-21(3)14-18-23)7-6-9-22-15-11-20(2)12-16-22/h1,5-18H2,2-4H3. The van der Waals surface area contributed by atoms with Gasteiger partial charge in [0.15, 0.2) is 0 Å². The molecule has 0 aromatic rings. The van der Waals surface area contributed by atoms with E-state index in [0.717, 1.165) is 65.0 Å². The third-order valence-corrected chi connectivity index (χ3v) is 8.08. The van der Waals surface area contributed by atoms with Gasteiger partial charge in [0, 0.05) is 65.3 Å². The van der Waals surface area contributed by atoms with Gasteiger partial charge in [-0.05, 0) is 46.8 Å². The van der Waals surface area contributed by atoms with E-state index in [0.29, 0.717) is 0 Å². The summed E-state index contributed by atoms with van der Waals surface area (Å²) in [5, 5.41) is 0. The molecule has 0 bridgehead atoms. The number of likely N-dealkylation sites (N-methyl/N-ethyl adjacent to an activating group) is 2. The van der Waals surface area contributed by atoms with Crippen LogP contribution in [0, 0.1) is 6.92 Å². The molecule has 0 aliphatic carbocycles. The molecule has 1 radical (unpaired) electrons. The van der Waals surface area contributed by atoms with Crippen LogP contribution in [-0.2, 0) is 11.2 Å². The van der Waals surface area contributed by atoms with Gasteiger partial charge in [0.2, 0.25) is 0 Å². The maximum atomic E-state index is 12.6. The van der Waals surface area contributed by atoms with E-state index in [-0.39, 0.29) is 4.75 Å². The third kappa shape index (κ3) is 6.67. The van der Waals surface area contributed by atoms with E-state index in [1.165, 1.54) is 26.2 Å². The van der Waals surface area contributed by atoms with Gasteiger partial charge in [0.25, 0.3) is 0 Å². The van der Waals surface area contributed by atoms with Crippen molar-refractivity contribution in [2.75, 3.05) is 85.8 Å². The monoisotopic (exact) mass is 371 g/mol. The van der Waals surface area contributed by atoms with E-state index in [1.54, 1.807) is 0 Å². The third-order valence-electron chi connectivity index (χ3n) is 6.25. The van der Waals surface area contributed by atoms with Crippen LogP contribution in [0.25, 0.3) is 0 Å². The van der Waals surface area contributed by atoms with Crippen LogP contribution in [0.1, 0.15) is 25.7 Å². The van der Waals surface area contributed by atoms with Crippen molar-refractivity contribution in [3.05, 3.63) is 6.92 Å². The first-order valence-electron chi connectivity index (χ1n) is 9.90. The van der Waals surface area contributed by atoms with E-state index < -0.39 is 11.2 Å². The molecule has 147 valence electrons. The van der Waals surface area contributed by atoms with Crippen LogP contribution in [-0.4, -0.2) is 115 Å². The number of nitrogens with zero attached hydrogens (tertiary/aromatic N) is 4. The maximum Gasteiger partial charge on any atom is 0.126 e. The lowest BCUT2D eigenvalue weighted by molar-refractivity contribution is 0.142. The molecule has 5 nitrogen and oxygen atoms in total. The van der Waals surface area contributed by atoms with Crippen molar-refractivity contribution in [3.8, 4) is 0 Å². The molecule has 2 aliphatic rings. The number of hydrogen-bond donors (Lipinski definition) is 0. The molecule has 0 spiro atoms. The van der Waals surface area contributed by atoms with Crippen LogP contribution >= 0.6 is 0 Å². The second kappa shape index (κ2) is 10.5. The van der Waals surface area contributed by atoms with Crippen LogP contribution in [0.4, 0.5) is 0 Å². The van der Waals surface area contributed by atoms with Crippen LogP contribution in [0.5, 0.6) is 0 Å². The summed E-state index contributed by atoms with van der Waals surface area (Å²) in [6.45, 7) is 15.7. The van der Waals surface area contributed by atoms with Crippen molar-refractivity contribution in [3.63, 3.8) is 0 Å². The summed E-state index contributed by atoms with van der Waals surface area (Å²) >= 11 is -0.812. The minimum atomic E-state index is -0.812. The number of piperazine rings is 2. The summed E-state index contributed by atoms with van der Waals surface area (Å²) in [5.74, 6) is 0. The van der Waals surface area contributed by atoms with Crippen molar-refractivity contribution in [1.82, 2.24) is 19.6 Å². The first-order valence-corrected chi connectivity index (χ1v) is 11.5. The lowest BCUT2D eigenvalue weighted by Crippen LogP contribution is -2.48. The van der Waals surface area contributed by atoms with E-state index >= 15 is 0 Å². The van der Waals surface area contributed by atoms with Gasteiger partial charge in [-0.25, -0.2) is 0 Å². The Morgan fingerprint density at radius 1 is 0.840 bits per heavy atom. The predicted octanol–water partition coefficient (Wildman–Crippen LogP) is 0.993. The zero-order valence-corrected chi connectivity index (χ0v) is 17.5. The molecule has 0 saturated carbocycles. The van der Waals surface area contributed by atoms with Crippen molar-refractivity contribution >= 4 is 11.2 Å². The summed E-state index contributed by atoms with van der Waals surface area (Å²) in [7, 11) is 4.39. The Morgan fingerprint density at radius 2 is 1.32 bits per heavy atom. The van der Waals surface area contributed by atoms with Crippen LogP contribution in [0.3, 0.4) is 0 Å². The van der Waals surface area contributed by atoms with Crippen LogP contribution in [0.15, 0.2) is 0 Å². The molecule has 0 N–H and O–H groups in total. The molecule has 0 amide bonds. The predicted molar refractivity (Wildman–Crippen MR) is 108 cm³/mol. The summed E-state index contributed by atoms with van der Waals surface area (Å²) in [4.78, 5) is 9.89. The fourth-order valence-electron chi connectivity index (χ4n) is 3.94. The van der Waals surface area contributed by atoms with Crippen molar-refractivity contribution in [2.24, 2.45) is 0 Å². The average Bonchev–Trinajstić information content (AvgIpc) is 2.61. The van der Waals surface area contributed by atoms with Gasteiger partial charge in [0.05, 0.1) is 6.26 Å². The van der Waals surface area contributed by atoms with Gasteiger partial charge >= 0.3 is 0 Å². The molecular formula is C19H39N4OS. The Kier molecular flexibility index (Phi) is 8.99. The SMILES string of the molecule is [CH2]CC(CCCN1CCN(C)CC1)(CCN1CCN(C)CC1)[S+](C)[O-]. The quantitative estimate of drug-likeness (QED) is 0.565. The van der Waals surface area contributed by atoms with Crippen LogP contribution in [0.2, 0.25) is 0 Å². The molecule has 0 aromatic heterocycles. The lowest BCUT2D eigenvalue weighted by Gasteiger charge is -2.38. The van der Waals surface area contributed by atoms with Gasteiger partial charge in [-0.2, -0.15) is 0 Å². The Balaban J connectivity index is 1.77. The van der Waals surface area contributed by atoms with Crippen LogP contribution < -0.4 is 0 Å². The van der Waals surface area contributed by atoms with E-state index in [2.05, 4.69) is 40.6 Å². The van der Waals surface area contributed by atoms with E-state index in [4.69, 9.17) is 0 Å². The molecule has 2 atom stereocenters. The molecule has 25 heavy (non-hydrogen) atoms. The zero-order chi connectivity index (χ0) is 18.3. The highest BCUT2D eigenvalue weighted by Crippen LogP contribution is 2.31. The summed E-state index contributed by atoms with van der Waals surface area (Å²) in [6.07, 6.45) is 5.88. The van der Waals surface area contributed by atoms with Crippen molar-refractivity contribution in [1.29, 1.82) is 0 Å². The molecule has 2 rings (SSSR count). The first kappa shape index (κ1) is 21.5. The second-order valence-electron chi connectivity index (χ2n) is 8.03. The Hall–Kier alpha value is 0.150. The molecular weight excluding hydrogens is 332 g/mol. The summed E-state index contributed by atoms with van der Waals surface area (Å²) < 4.78 is 12.5. The molecule has 2 aliphatic heterocycles. The molecule has 6 heteroatoms. The largest absolute Gasteiger partial charge is 0.616 e. The van der Waals surface area contributed by atoms with E-state index in [1.807, 2.05) is 6.26 Å². The fourth-order valence-corrected chi connectivity index (χ4v) is 5.03. The second-order valence-corrected chi connectivity index (χ2v) is 9.80.